The van der Waals surface area contributed by atoms with E-state index in [1.54, 1.807) is 6.07 Å². The zero-order valence-electron chi connectivity index (χ0n) is 8.29. The van der Waals surface area contributed by atoms with Crippen molar-refractivity contribution in [1.29, 1.82) is 0 Å². The van der Waals surface area contributed by atoms with E-state index in [0.29, 0.717) is 11.6 Å². The molecule has 15 heavy (non-hydrogen) atoms. The predicted molar refractivity (Wildman–Crippen MR) is 55.1 cm³/mol. The molecule has 0 bridgehead atoms. The van der Waals surface area contributed by atoms with Crippen LogP contribution in [0.25, 0.3) is 11.5 Å². The number of aromatic nitrogens is 3. The van der Waals surface area contributed by atoms with Crippen molar-refractivity contribution >= 4 is 5.82 Å². The minimum Gasteiger partial charge on any atom is -0.381 e. The van der Waals surface area contributed by atoms with Gasteiger partial charge in [0.05, 0.1) is 0 Å². The van der Waals surface area contributed by atoms with Gasteiger partial charge in [-0.15, -0.1) is 0 Å². The Morgan fingerprint density at radius 1 is 1.33 bits per heavy atom. The number of fused-ring (bicyclic) bond motifs is 1. The first-order valence-electron chi connectivity index (χ1n) is 5.13. The lowest BCUT2D eigenvalue weighted by atomic mass is 9.95. The molecule has 2 aromatic rings. The number of nitrogens with zero attached hydrogens (tertiary/aromatic N) is 2. The molecule has 1 aliphatic rings. The highest BCUT2D eigenvalue weighted by molar-refractivity contribution is 5.61. The third-order valence-corrected chi connectivity index (χ3v) is 2.82. The molecule has 5 nitrogen and oxygen atoms in total. The maximum atomic E-state index is 5.52. The first-order valence-corrected chi connectivity index (χ1v) is 5.13. The van der Waals surface area contributed by atoms with Crippen molar-refractivity contribution in [2.24, 2.45) is 0 Å². The number of anilines is 1. The summed E-state index contributed by atoms with van der Waals surface area (Å²) in [6.45, 7) is 0. The van der Waals surface area contributed by atoms with Gasteiger partial charge in [0.1, 0.15) is 5.69 Å². The van der Waals surface area contributed by atoms with Crippen LogP contribution in [0.15, 0.2) is 10.6 Å². The molecule has 0 unspecified atom stereocenters. The number of hydrogen-bond donors (Lipinski definition) is 2. The smallest absolute Gasteiger partial charge is 0.189 e. The van der Waals surface area contributed by atoms with Crippen molar-refractivity contribution in [1.82, 2.24) is 15.4 Å². The number of nitrogens with one attached hydrogen (secondary N) is 1. The number of aryl methyl sites for hydroxylation is 1. The Labute approximate surface area is 86.6 Å². The molecule has 3 rings (SSSR count). The molecule has 0 amide bonds. The molecule has 78 valence electrons. The first-order chi connectivity index (χ1) is 7.34. The first kappa shape index (κ1) is 8.52. The number of aromatic amines is 1. The second kappa shape index (κ2) is 3.12. The van der Waals surface area contributed by atoms with Crippen molar-refractivity contribution in [2.75, 3.05) is 5.73 Å². The van der Waals surface area contributed by atoms with Crippen LogP contribution in [0.2, 0.25) is 0 Å². The average Bonchev–Trinajstić information content (AvgIpc) is 2.83. The summed E-state index contributed by atoms with van der Waals surface area (Å²) < 4.78 is 5.12. The minimum absolute atomic E-state index is 0.401. The maximum absolute atomic E-state index is 5.52. The molecule has 0 atom stereocenters. The molecule has 1 aliphatic carbocycles. The number of nitrogens with two attached hydrogens (primary N) is 1. The molecule has 3 N–H and O–H groups in total. The molecule has 0 saturated carbocycles. The Hall–Kier alpha value is -1.78. The fourth-order valence-electron chi connectivity index (χ4n) is 2.09. The number of H-pyrrole nitrogens is 1. The van der Waals surface area contributed by atoms with E-state index in [-0.39, 0.29) is 0 Å². The van der Waals surface area contributed by atoms with Gasteiger partial charge in [-0.3, -0.25) is 5.10 Å². The van der Waals surface area contributed by atoms with Gasteiger partial charge >= 0.3 is 0 Å². The summed E-state index contributed by atoms with van der Waals surface area (Å²) >= 11 is 0. The monoisotopic (exact) mass is 204 g/mol. The number of hydrogen-bond acceptors (Lipinski definition) is 4. The quantitative estimate of drug-likeness (QED) is 0.738. The molecule has 5 heteroatoms. The molecular formula is C10H12N4O. The number of nitrogen functional groups attached to an aromatic ring is 1. The van der Waals surface area contributed by atoms with E-state index in [0.717, 1.165) is 18.5 Å². The van der Waals surface area contributed by atoms with Crippen LogP contribution in [0.4, 0.5) is 5.82 Å². The SMILES string of the molecule is Nc1cc(-c2n[nH]c3c2CCCC3)on1. The molecule has 2 heterocycles. The van der Waals surface area contributed by atoms with E-state index in [1.165, 1.54) is 24.1 Å². The summed E-state index contributed by atoms with van der Waals surface area (Å²) in [7, 11) is 0. The van der Waals surface area contributed by atoms with E-state index >= 15 is 0 Å². The van der Waals surface area contributed by atoms with Crippen LogP contribution in [-0.4, -0.2) is 15.4 Å². The standard InChI is InChI=1S/C10H12N4O/c11-9-5-8(15-14-9)10-6-3-1-2-4-7(6)12-13-10/h5H,1-4H2,(H2,11,14)(H,12,13). The van der Waals surface area contributed by atoms with E-state index in [4.69, 9.17) is 10.3 Å². The summed E-state index contributed by atoms with van der Waals surface area (Å²) in [4.78, 5) is 0. The molecule has 0 saturated heterocycles. The van der Waals surface area contributed by atoms with Gasteiger partial charge in [0.15, 0.2) is 11.6 Å². The maximum Gasteiger partial charge on any atom is 0.189 e. The summed E-state index contributed by atoms with van der Waals surface area (Å²) in [5.41, 5.74) is 8.88. The third-order valence-electron chi connectivity index (χ3n) is 2.82. The van der Waals surface area contributed by atoms with Gasteiger partial charge in [0.2, 0.25) is 0 Å². The van der Waals surface area contributed by atoms with Crippen LogP contribution in [0.5, 0.6) is 0 Å². The van der Waals surface area contributed by atoms with Crippen molar-refractivity contribution < 1.29 is 4.52 Å². The zero-order chi connectivity index (χ0) is 10.3. The van der Waals surface area contributed by atoms with Crippen molar-refractivity contribution in [3.8, 4) is 11.5 Å². The molecular weight excluding hydrogens is 192 g/mol. The number of rotatable bonds is 1. The molecule has 0 radical (unpaired) electrons. The zero-order valence-corrected chi connectivity index (χ0v) is 8.29. The van der Waals surface area contributed by atoms with E-state index < -0.39 is 0 Å². The van der Waals surface area contributed by atoms with Gasteiger partial charge in [-0.25, -0.2) is 0 Å². The minimum atomic E-state index is 0.401. The van der Waals surface area contributed by atoms with Crippen LogP contribution >= 0.6 is 0 Å². The normalized spacial score (nSPS) is 15.2. The average molecular weight is 204 g/mol. The van der Waals surface area contributed by atoms with Gasteiger partial charge in [-0.2, -0.15) is 5.10 Å². The van der Waals surface area contributed by atoms with E-state index in [9.17, 15) is 0 Å². The van der Waals surface area contributed by atoms with Crippen LogP contribution in [0, 0.1) is 0 Å². The Morgan fingerprint density at radius 3 is 3.00 bits per heavy atom. The summed E-state index contributed by atoms with van der Waals surface area (Å²) in [5, 5.41) is 11.0. The second-order valence-electron chi connectivity index (χ2n) is 3.85. The molecule has 0 fully saturated rings. The van der Waals surface area contributed by atoms with E-state index in [1.807, 2.05) is 0 Å². The van der Waals surface area contributed by atoms with Crippen LogP contribution in [0.3, 0.4) is 0 Å². The van der Waals surface area contributed by atoms with Crippen LogP contribution in [-0.2, 0) is 12.8 Å². The van der Waals surface area contributed by atoms with Crippen molar-refractivity contribution in [2.45, 2.75) is 25.7 Å². The highest BCUT2D eigenvalue weighted by Gasteiger charge is 2.20. The Morgan fingerprint density at radius 2 is 2.20 bits per heavy atom. The van der Waals surface area contributed by atoms with Crippen LogP contribution in [0.1, 0.15) is 24.1 Å². The van der Waals surface area contributed by atoms with Crippen LogP contribution < -0.4 is 5.73 Å². The lowest BCUT2D eigenvalue weighted by molar-refractivity contribution is 0.434. The van der Waals surface area contributed by atoms with Crippen molar-refractivity contribution in [3.05, 3.63) is 17.3 Å². The van der Waals surface area contributed by atoms with Gasteiger partial charge < -0.3 is 10.3 Å². The second-order valence-corrected chi connectivity index (χ2v) is 3.85. The highest BCUT2D eigenvalue weighted by atomic mass is 16.5. The van der Waals surface area contributed by atoms with Gasteiger partial charge in [-0.05, 0) is 25.7 Å². The summed E-state index contributed by atoms with van der Waals surface area (Å²) in [6.07, 6.45) is 4.57. The fourth-order valence-corrected chi connectivity index (χ4v) is 2.09. The summed E-state index contributed by atoms with van der Waals surface area (Å²) in [5.74, 6) is 1.06. The van der Waals surface area contributed by atoms with Crippen molar-refractivity contribution in [3.63, 3.8) is 0 Å². The molecule has 0 aromatic carbocycles. The Kier molecular flexibility index (Phi) is 1.77. The predicted octanol–water partition coefficient (Wildman–Crippen LogP) is 1.53. The Bertz CT molecular complexity index is 485. The molecule has 0 spiro atoms. The highest BCUT2D eigenvalue weighted by Crippen LogP contribution is 2.29. The largest absolute Gasteiger partial charge is 0.381 e. The van der Waals surface area contributed by atoms with Gasteiger partial charge in [0.25, 0.3) is 0 Å². The molecule has 2 aromatic heterocycles. The van der Waals surface area contributed by atoms with Gasteiger partial charge in [-0.1, -0.05) is 5.16 Å². The fraction of sp³-hybridized carbons (Fsp3) is 0.400. The van der Waals surface area contributed by atoms with E-state index in [2.05, 4.69) is 15.4 Å². The lowest BCUT2D eigenvalue weighted by Gasteiger charge is -2.09. The summed E-state index contributed by atoms with van der Waals surface area (Å²) in [6, 6.07) is 1.71. The lowest BCUT2D eigenvalue weighted by Crippen LogP contribution is -2.00. The topological polar surface area (TPSA) is 80.7 Å². The Balaban J connectivity index is 2.08. The van der Waals surface area contributed by atoms with Gasteiger partial charge in [0, 0.05) is 17.3 Å². The molecule has 0 aliphatic heterocycles. The third kappa shape index (κ3) is 1.31.